The lowest BCUT2D eigenvalue weighted by Gasteiger charge is -2.26. The van der Waals surface area contributed by atoms with Gasteiger partial charge in [-0.3, -0.25) is 14.4 Å². The Labute approximate surface area is 276 Å². The maximum atomic E-state index is 13.6. The number of esters is 1. The molecule has 0 aromatic heterocycles. The van der Waals surface area contributed by atoms with E-state index >= 15 is 0 Å². The van der Waals surface area contributed by atoms with Crippen LogP contribution in [0.15, 0.2) is 42.5 Å². The zero-order valence-electron chi connectivity index (χ0n) is 27.7. The van der Waals surface area contributed by atoms with Gasteiger partial charge in [-0.25, -0.2) is 14.4 Å². The Kier molecular flexibility index (Phi) is 17.4. The standard InChI is InChI=1S/C33H49N5O9/c1-5-46-28(39)15-14-25(20-24-16-18-34-29(24)40)36-31(42)27(19-22(2)3)37-30(41)26(13-9-10-17-35-32(43)45-4)38-33(44)47-21-23-11-7-6-8-12-23/h6-8,11-12,14-15,22,24-27H,5,9-10,13,16-21H2,1-4H3,(H,34,40)(H,35,43)(H,36,42)(H,37,41)(H,38,44)/b15-14+/t24?,25-,26-,27+/m1/s1. The molecule has 5 amide bonds. The van der Waals surface area contributed by atoms with Gasteiger partial charge in [0.25, 0.3) is 0 Å². The van der Waals surface area contributed by atoms with Crippen LogP contribution < -0.4 is 26.6 Å². The van der Waals surface area contributed by atoms with Gasteiger partial charge >= 0.3 is 18.2 Å². The van der Waals surface area contributed by atoms with E-state index in [2.05, 4.69) is 31.3 Å². The fraction of sp³-hybridized carbons (Fsp3) is 0.576. The SMILES string of the molecule is CCOC(=O)/C=C/[C@H](CC1CCNC1=O)NC(=O)[C@H](CC(C)C)NC(=O)[C@@H](CCCCNC(=O)OC)NC(=O)OCc1ccccc1. The lowest BCUT2D eigenvalue weighted by atomic mass is 9.96. The van der Waals surface area contributed by atoms with Gasteiger partial charge in [-0.1, -0.05) is 50.3 Å². The van der Waals surface area contributed by atoms with Crippen molar-refractivity contribution in [1.82, 2.24) is 26.6 Å². The zero-order valence-corrected chi connectivity index (χ0v) is 27.7. The van der Waals surface area contributed by atoms with Crippen LogP contribution in [0.1, 0.15) is 64.9 Å². The molecule has 4 atom stereocenters. The van der Waals surface area contributed by atoms with Crippen molar-refractivity contribution in [3.63, 3.8) is 0 Å². The van der Waals surface area contributed by atoms with Crippen molar-refractivity contribution in [3.8, 4) is 0 Å². The van der Waals surface area contributed by atoms with Crippen LogP contribution >= 0.6 is 0 Å². The van der Waals surface area contributed by atoms with Gasteiger partial charge in [0, 0.05) is 31.1 Å². The second-order valence-electron chi connectivity index (χ2n) is 11.6. The number of carbonyl (C=O) groups is 6. The summed E-state index contributed by atoms with van der Waals surface area (Å²) in [5, 5.41) is 13.6. The maximum absolute atomic E-state index is 13.6. The summed E-state index contributed by atoms with van der Waals surface area (Å²) in [4.78, 5) is 75.5. The van der Waals surface area contributed by atoms with E-state index in [4.69, 9.17) is 9.47 Å². The average Bonchev–Trinajstić information content (AvgIpc) is 3.45. The van der Waals surface area contributed by atoms with Crippen LogP contribution in [-0.2, 0) is 40.0 Å². The first-order valence-electron chi connectivity index (χ1n) is 16.0. The summed E-state index contributed by atoms with van der Waals surface area (Å²) in [7, 11) is 1.26. The Morgan fingerprint density at radius 3 is 2.32 bits per heavy atom. The lowest BCUT2D eigenvalue weighted by Crippen LogP contribution is -2.55. The summed E-state index contributed by atoms with van der Waals surface area (Å²) < 4.78 is 14.9. The van der Waals surface area contributed by atoms with E-state index in [1.165, 1.54) is 19.3 Å². The summed E-state index contributed by atoms with van der Waals surface area (Å²) in [6.45, 7) is 6.50. The van der Waals surface area contributed by atoms with Crippen LogP contribution in [0.3, 0.4) is 0 Å². The number of nitrogens with one attached hydrogen (secondary N) is 5. The second kappa shape index (κ2) is 21.2. The molecule has 0 radical (unpaired) electrons. The van der Waals surface area contributed by atoms with Crippen molar-refractivity contribution in [1.29, 1.82) is 0 Å². The van der Waals surface area contributed by atoms with Crippen LogP contribution in [0, 0.1) is 11.8 Å². The third kappa shape index (κ3) is 15.5. The van der Waals surface area contributed by atoms with Crippen LogP contribution in [0.5, 0.6) is 0 Å². The fourth-order valence-electron chi connectivity index (χ4n) is 4.92. The largest absolute Gasteiger partial charge is 0.463 e. The molecule has 1 aliphatic heterocycles. The summed E-state index contributed by atoms with van der Waals surface area (Å²) in [5.41, 5.74) is 0.771. The maximum Gasteiger partial charge on any atom is 0.408 e. The molecule has 0 saturated carbocycles. The molecule has 0 bridgehead atoms. The number of unbranched alkanes of at least 4 members (excludes halogenated alkanes) is 1. The van der Waals surface area contributed by atoms with Crippen molar-refractivity contribution < 1.29 is 43.0 Å². The summed E-state index contributed by atoms with van der Waals surface area (Å²) >= 11 is 0. The Morgan fingerprint density at radius 1 is 0.957 bits per heavy atom. The number of hydrogen-bond acceptors (Lipinski definition) is 9. The molecule has 14 nitrogen and oxygen atoms in total. The summed E-state index contributed by atoms with van der Waals surface area (Å²) in [5.74, 6) is -2.14. The van der Waals surface area contributed by atoms with E-state index in [9.17, 15) is 28.8 Å². The highest BCUT2D eigenvalue weighted by atomic mass is 16.5. The lowest BCUT2D eigenvalue weighted by molar-refractivity contribution is -0.137. The molecule has 1 fully saturated rings. The third-order valence-electron chi connectivity index (χ3n) is 7.32. The molecule has 0 aliphatic carbocycles. The van der Waals surface area contributed by atoms with Crippen molar-refractivity contribution >= 4 is 35.9 Å². The number of amides is 5. The van der Waals surface area contributed by atoms with Crippen LogP contribution in [0.25, 0.3) is 0 Å². The van der Waals surface area contributed by atoms with Gasteiger partial charge in [-0.2, -0.15) is 0 Å². The predicted octanol–water partition coefficient (Wildman–Crippen LogP) is 2.47. The molecular formula is C33H49N5O9. The smallest absolute Gasteiger partial charge is 0.408 e. The quantitative estimate of drug-likeness (QED) is 0.0643. The first-order valence-corrected chi connectivity index (χ1v) is 16.0. The minimum Gasteiger partial charge on any atom is -0.463 e. The monoisotopic (exact) mass is 659 g/mol. The minimum atomic E-state index is -1.04. The number of methoxy groups -OCH3 is 1. The highest BCUT2D eigenvalue weighted by Crippen LogP contribution is 2.18. The van der Waals surface area contributed by atoms with Crippen LogP contribution in [-0.4, -0.2) is 80.8 Å². The van der Waals surface area contributed by atoms with Gasteiger partial charge < -0.3 is 40.8 Å². The Bertz CT molecular complexity index is 1210. The molecule has 1 aromatic rings. The van der Waals surface area contributed by atoms with Crippen molar-refractivity contribution in [2.75, 3.05) is 26.8 Å². The fourth-order valence-corrected chi connectivity index (χ4v) is 4.92. The van der Waals surface area contributed by atoms with E-state index in [0.29, 0.717) is 32.4 Å². The molecule has 14 heteroatoms. The van der Waals surface area contributed by atoms with Gasteiger partial charge in [-0.15, -0.1) is 0 Å². The van der Waals surface area contributed by atoms with E-state index in [1.54, 1.807) is 19.1 Å². The molecule has 5 N–H and O–H groups in total. The molecule has 1 heterocycles. The van der Waals surface area contributed by atoms with Crippen LogP contribution in [0.4, 0.5) is 9.59 Å². The van der Waals surface area contributed by atoms with Crippen molar-refractivity contribution in [2.45, 2.75) is 84.0 Å². The number of hydrogen-bond donors (Lipinski definition) is 5. The van der Waals surface area contributed by atoms with Gasteiger partial charge in [0.2, 0.25) is 17.7 Å². The number of alkyl carbamates (subject to hydrolysis) is 2. The molecule has 0 spiro atoms. The molecular weight excluding hydrogens is 610 g/mol. The van der Waals surface area contributed by atoms with E-state index in [-0.39, 0.29) is 50.2 Å². The molecule has 1 aromatic carbocycles. The number of rotatable bonds is 19. The van der Waals surface area contributed by atoms with Crippen LogP contribution in [0.2, 0.25) is 0 Å². The predicted molar refractivity (Wildman–Crippen MR) is 173 cm³/mol. The summed E-state index contributed by atoms with van der Waals surface area (Å²) in [6.07, 6.45) is 3.61. The third-order valence-corrected chi connectivity index (χ3v) is 7.32. The Hall–Kier alpha value is -4.62. The highest BCUT2D eigenvalue weighted by Gasteiger charge is 2.31. The van der Waals surface area contributed by atoms with Gasteiger partial charge in [0.1, 0.15) is 18.7 Å². The zero-order chi connectivity index (χ0) is 34.6. The first-order chi connectivity index (χ1) is 22.5. The number of benzene rings is 1. The van der Waals surface area contributed by atoms with Gasteiger partial charge in [0.15, 0.2) is 0 Å². The summed E-state index contributed by atoms with van der Waals surface area (Å²) in [6, 6.07) is 6.36. The molecule has 1 saturated heterocycles. The molecule has 2 rings (SSSR count). The minimum absolute atomic E-state index is 0.00215. The number of carbonyl (C=O) groups excluding carboxylic acids is 6. The van der Waals surface area contributed by atoms with E-state index in [0.717, 1.165) is 5.56 Å². The Morgan fingerprint density at radius 2 is 1.68 bits per heavy atom. The molecule has 260 valence electrons. The first kappa shape index (κ1) is 38.6. The topological polar surface area (TPSA) is 190 Å². The van der Waals surface area contributed by atoms with Gasteiger partial charge in [0.05, 0.1) is 13.7 Å². The van der Waals surface area contributed by atoms with E-state index < -0.39 is 48.1 Å². The number of ether oxygens (including phenoxy) is 3. The molecule has 1 unspecified atom stereocenters. The average molecular weight is 660 g/mol. The van der Waals surface area contributed by atoms with Crippen molar-refractivity contribution in [3.05, 3.63) is 48.0 Å². The highest BCUT2D eigenvalue weighted by molar-refractivity contribution is 5.91. The Balaban J connectivity index is 2.15. The van der Waals surface area contributed by atoms with Gasteiger partial charge in [-0.05, 0) is 56.9 Å². The van der Waals surface area contributed by atoms with Crippen molar-refractivity contribution in [2.24, 2.45) is 11.8 Å². The molecule has 1 aliphatic rings. The van der Waals surface area contributed by atoms with E-state index in [1.807, 2.05) is 32.0 Å². The molecule has 47 heavy (non-hydrogen) atoms. The second-order valence-corrected chi connectivity index (χ2v) is 11.6. The normalized spacial score (nSPS) is 16.0.